The van der Waals surface area contributed by atoms with Gasteiger partial charge in [0.1, 0.15) is 18.2 Å². The van der Waals surface area contributed by atoms with E-state index in [1.54, 1.807) is 0 Å². The van der Waals surface area contributed by atoms with Crippen LogP contribution >= 0.6 is 11.6 Å². The van der Waals surface area contributed by atoms with Crippen molar-refractivity contribution in [2.75, 3.05) is 5.43 Å². The van der Waals surface area contributed by atoms with Gasteiger partial charge in [-0.3, -0.25) is 10.2 Å². The average molecular weight is 532 g/mol. The summed E-state index contributed by atoms with van der Waals surface area (Å²) >= 11 is 6.02. The van der Waals surface area contributed by atoms with E-state index in [-0.39, 0.29) is 16.5 Å². The van der Waals surface area contributed by atoms with Gasteiger partial charge in [0.2, 0.25) is 0 Å². The molecule has 0 saturated heterocycles. The Labute approximate surface area is 228 Å². The highest BCUT2D eigenvalue weighted by Gasteiger charge is 2.31. The summed E-state index contributed by atoms with van der Waals surface area (Å²) in [6.07, 6.45) is 22.8. The molecule has 4 rings (SSSR count). The lowest BCUT2D eigenvalue weighted by molar-refractivity contribution is -0.112. The van der Waals surface area contributed by atoms with E-state index in [9.17, 15) is 4.79 Å². The number of halogens is 1. The number of aromatic nitrogens is 6. The Kier molecular flexibility index (Phi) is 8.42. The fourth-order valence-electron chi connectivity index (χ4n) is 4.79. The molecule has 0 aliphatic heterocycles. The highest BCUT2D eigenvalue weighted by Crippen LogP contribution is 2.44. The molecular weight excluding hydrogens is 498 g/mol. The molecule has 0 radical (unpaired) electrons. The summed E-state index contributed by atoms with van der Waals surface area (Å²) < 4.78 is 3.60. The van der Waals surface area contributed by atoms with Crippen LogP contribution in [0.4, 0.5) is 0 Å². The van der Waals surface area contributed by atoms with Gasteiger partial charge in [-0.2, -0.15) is 0 Å². The molecule has 8 nitrogen and oxygen atoms in total. The molecular formula is C29H34ClN7O. The molecule has 0 fully saturated rings. The second-order valence-electron chi connectivity index (χ2n) is 10.4. The third-order valence-corrected chi connectivity index (χ3v) is 7.26. The van der Waals surface area contributed by atoms with Gasteiger partial charge in [0.05, 0.1) is 6.33 Å². The first-order valence-corrected chi connectivity index (χ1v) is 13.0. The van der Waals surface area contributed by atoms with Crippen LogP contribution in [0, 0.1) is 11.3 Å². The van der Waals surface area contributed by atoms with Gasteiger partial charge in [0, 0.05) is 25.0 Å². The summed E-state index contributed by atoms with van der Waals surface area (Å²) in [5.41, 5.74) is 8.55. The Morgan fingerprint density at radius 2 is 2.00 bits per heavy atom. The van der Waals surface area contributed by atoms with E-state index in [1.165, 1.54) is 41.0 Å². The number of amides is 1. The molecule has 1 amide bonds. The molecule has 1 N–H and O–H groups in total. The van der Waals surface area contributed by atoms with Gasteiger partial charge in [0.25, 0.3) is 5.91 Å². The van der Waals surface area contributed by atoms with Gasteiger partial charge < -0.3 is 4.57 Å². The van der Waals surface area contributed by atoms with Crippen molar-refractivity contribution >= 4 is 28.7 Å². The summed E-state index contributed by atoms with van der Waals surface area (Å²) in [7, 11) is 0. The number of carbonyl (C=O) groups excluding carboxylic acids is 1. The van der Waals surface area contributed by atoms with Crippen LogP contribution in [0.25, 0.3) is 11.2 Å². The van der Waals surface area contributed by atoms with Crippen molar-refractivity contribution in [1.29, 1.82) is 0 Å². The molecule has 1 atom stereocenters. The molecule has 0 aromatic carbocycles. The highest BCUT2D eigenvalue weighted by molar-refractivity contribution is 6.33. The minimum absolute atomic E-state index is 0.146. The fraction of sp³-hybridized carbons (Fsp3) is 0.345. The van der Waals surface area contributed by atoms with Gasteiger partial charge >= 0.3 is 0 Å². The first-order valence-electron chi connectivity index (χ1n) is 12.7. The van der Waals surface area contributed by atoms with E-state index >= 15 is 0 Å². The molecule has 0 saturated carbocycles. The topological polar surface area (TPSA) is 90.5 Å². The number of allylic oxidation sites excluding steroid dienone is 9. The standard InChI is InChI=1S/C29H34ClN7O/c1-20(9-10-24-22(3)23(11-12-29(24,4)5)16-36-14-13-31-18-36)7-6-8-21(2)15-25(38)35-37-19-34-26-27(30)32-17-33-28(26)37/h6-10,13-15,17-19,23H,11-12,16H2,1-5H3,(H,35,38). The molecule has 9 heteroatoms. The SMILES string of the molecule is CC(C=CC1=C(C)C(Cn2ccnc2)CCC1(C)C)=CC=CC(C)=CC(=O)Nn1cnc2c(Cl)ncnc21. The quantitative estimate of drug-likeness (QED) is 0.212. The minimum Gasteiger partial charge on any atom is -0.337 e. The number of nitrogens with one attached hydrogen (secondary N) is 1. The van der Waals surface area contributed by atoms with Crippen molar-refractivity contribution in [3.8, 4) is 0 Å². The lowest BCUT2D eigenvalue weighted by Crippen LogP contribution is -2.26. The maximum atomic E-state index is 12.5. The Hall–Kier alpha value is -3.78. The molecule has 1 unspecified atom stereocenters. The fourth-order valence-corrected chi connectivity index (χ4v) is 4.97. The minimum atomic E-state index is -0.297. The number of rotatable bonds is 8. The summed E-state index contributed by atoms with van der Waals surface area (Å²) in [6, 6.07) is 0. The number of imidazole rings is 2. The Bertz CT molecular complexity index is 1460. The first kappa shape index (κ1) is 27.3. The van der Waals surface area contributed by atoms with Crippen LogP contribution in [0.15, 0.2) is 90.1 Å². The molecule has 1 aliphatic rings. The largest absolute Gasteiger partial charge is 0.337 e. The van der Waals surface area contributed by atoms with E-state index in [1.807, 2.05) is 43.9 Å². The van der Waals surface area contributed by atoms with E-state index < -0.39 is 0 Å². The van der Waals surface area contributed by atoms with Crippen molar-refractivity contribution in [3.63, 3.8) is 0 Å². The predicted octanol–water partition coefficient (Wildman–Crippen LogP) is 6.20. The molecule has 198 valence electrons. The van der Waals surface area contributed by atoms with Gasteiger partial charge in [-0.1, -0.05) is 67.0 Å². The highest BCUT2D eigenvalue weighted by atomic mass is 35.5. The maximum absolute atomic E-state index is 12.5. The molecule has 1 aliphatic carbocycles. The Morgan fingerprint density at radius 3 is 2.76 bits per heavy atom. The van der Waals surface area contributed by atoms with Crippen LogP contribution < -0.4 is 5.43 Å². The molecule has 0 bridgehead atoms. The Balaban J connectivity index is 1.39. The van der Waals surface area contributed by atoms with Crippen LogP contribution in [0.3, 0.4) is 0 Å². The van der Waals surface area contributed by atoms with Crippen LogP contribution in [0.2, 0.25) is 5.15 Å². The lowest BCUT2D eigenvalue weighted by atomic mass is 9.68. The van der Waals surface area contributed by atoms with Gasteiger partial charge in [-0.25, -0.2) is 24.6 Å². The molecule has 0 spiro atoms. The number of hydrogen-bond acceptors (Lipinski definition) is 5. The van der Waals surface area contributed by atoms with E-state index in [0.29, 0.717) is 17.1 Å². The predicted molar refractivity (Wildman–Crippen MR) is 152 cm³/mol. The van der Waals surface area contributed by atoms with Crippen molar-refractivity contribution < 1.29 is 4.79 Å². The number of fused-ring (bicyclic) bond motifs is 1. The summed E-state index contributed by atoms with van der Waals surface area (Å²) in [5.74, 6) is 0.221. The first-order chi connectivity index (χ1) is 18.1. The van der Waals surface area contributed by atoms with Crippen LogP contribution in [-0.2, 0) is 11.3 Å². The molecule has 3 aromatic rings. The zero-order valence-corrected chi connectivity index (χ0v) is 23.3. The van der Waals surface area contributed by atoms with Crippen molar-refractivity contribution in [2.24, 2.45) is 11.3 Å². The summed E-state index contributed by atoms with van der Waals surface area (Å²) in [5, 5.41) is 0.238. The third-order valence-electron chi connectivity index (χ3n) is 6.98. The zero-order chi connectivity index (χ0) is 27.3. The second-order valence-corrected chi connectivity index (χ2v) is 10.8. The number of hydrogen-bond donors (Lipinski definition) is 1. The van der Waals surface area contributed by atoms with Crippen molar-refractivity contribution in [3.05, 3.63) is 95.3 Å². The van der Waals surface area contributed by atoms with Crippen LogP contribution in [0.1, 0.15) is 47.5 Å². The van der Waals surface area contributed by atoms with E-state index in [4.69, 9.17) is 11.6 Å². The molecule has 3 aromatic heterocycles. The smallest absolute Gasteiger partial charge is 0.263 e. The van der Waals surface area contributed by atoms with Gasteiger partial charge in [-0.05, 0) is 56.1 Å². The van der Waals surface area contributed by atoms with Crippen LogP contribution in [-0.4, -0.2) is 35.1 Å². The number of carbonyl (C=O) groups is 1. The Morgan fingerprint density at radius 1 is 1.18 bits per heavy atom. The molecule has 3 heterocycles. The second kappa shape index (κ2) is 11.7. The zero-order valence-electron chi connectivity index (χ0n) is 22.5. The lowest BCUT2D eigenvalue weighted by Gasteiger charge is -2.37. The third kappa shape index (κ3) is 6.55. The van der Waals surface area contributed by atoms with E-state index in [2.05, 4.69) is 69.8 Å². The average Bonchev–Trinajstić information content (AvgIpc) is 3.51. The van der Waals surface area contributed by atoms with Gasteiger partial charge in [0.15, 0.2) is 10.8 Å². The summed E-state index contributed by atoms with van der Waals surface area (Å²) in [6.45, 7) is 11.9. The van der Waals surface area contributed by atoms with Crippen LogP contribution in [0.5, 0.6) is 0 Å². The summed E-state index contributed by atoms with van der Waals surface area (Å²) in [4.78, 5) is 28.8. The number of nitrogens with zero attached hydrogens (tertiary/aromatic N) is 6. The van der Waals surface area contributed by atoms with Crippen molar-refractivity contribution in [1.82, 2.24) is 29.2 Å². The maximum Gasteiger partial charge on any atom is 0.263 e. The monoisotopic (exact) mass is 531 g/mol. The van der Waals surface area contributed by atoms with Crippen molar-refractivity contribution in [2.45, 2.75) is 54.0 Å². The van der Waals surface area contributed by atoms with Gasteiger partial charge in [-0.15, -0.1) is 0 Å². The normalized spacial score (nSPS) is 18.7. The van der Waals surface area contributed by atoms with E-state index in [0.717, 1.165) is 24.1 Å². The molecule has 38 heavy (non-hydrogen) atoms.